The maximum absolute atomic E-state index is 13.1. The topological polar surface area (TPSA) is 84.7 Å². The molecule has 1 saturated carbocycles. The van der Waals surface area contributed by atoms with Crippen LogP contribution in [-0.4, -0.2) is 36.1 Å². The van der Waals surface area contributed by atoms with Crippen LogP contribution in [0.25, 0.3) is 0 Å². The zero-order valence-corrected chi connectivity index (χ0v) is 17.0. The molecule has 1 fully saturated rings. The van der Waals surface area contributed by atoms with Gasteiger partial charge in [0.15, 0.2) is 0 Å². The van der Waals surface area contributed by atoms with Gasteiger partial charge >= 0.3 is 6.09 Å². The van der Waals surface area contributed by atoms with Crippen molar-refractivity contribution in [1.82, 2.24) is 4.90 Å². The van der Waals surface area contributed by atoms with Gasteiger partial charge in [0.05, 0.1) is 7.11 Å². The van der Waals surface area contributed by atoms with Crippen molar-refractivity contribution in [3.05, 3.63) is 29.8 Å². The molecule has 1 aliphatic rings. The number of methoxy groups -OCH3 is 1. The first-order valence-electron chi connectivity index (χ1n) is 9.68. The molecule has 0 saturated heterocycles. The number of carbonyl (C=O) groups excluding carboxylic acids is 2. The number of nitrogens with one attached hydrogen (secondary N) is 1. The molecule has 0 spiro atoms. The Morgan fingerprint density at radius 2 is 1.81 bits per heavy atom. The van der Waals surface area contributed by atoms with E-state index in [2.05, 4.69) is 30.8 Å². The van der Waals surface area contributed by atoms with E-state index in [0.717, 1.165) is 31.2 Å². The second-order valence-electron chi connectivity index (χ2n) is 8.59. The first kappa shape index (κ1) is 21.2. The molecule has 2 rings (SSSR count). The Morgan fingerprint density at radius 1 is 1.19 bits per heavy atom. The molecule has 27 heavy (non-hydrogen) atoms. The van der Waals surface area contributed by atoms with E-state index in [9.17, 15) is 9.59 Å². The SMILES string of the molecule is COC(=O)Nc1ccc(CN(C(=O)CC(C)(C)C)C2CCCCC2N)cc1. The van der Waals surface area contributed by atoms with Gasteiger partial charge in [-0.3, -0.25) is 10.1 Å². The molecule has 6 nitrogen and oxygen atoms in total. The van der Waals surface area contributed by atoms with Crippen LogP contribution in [0, 0.1) is 5.41 Å². The summed E-state index contributed by atoms with van der Waals surface area (Å²) in [6.45, 7) is 6.78. The molecule has 1 aromatic rings. The lowest BCUT2D eigenvalue weighted by Gasteiger charge is -2.39. The van der Waals surface area contributed by atoms with E-state index in [1.807, 2.05) is 29.2 Å². The number of nitrogens with zero attached hydrogens (tertiary/aromatic N) is 1. The highest BCUT2D eigenvalue weighted by Gasteiger charge is 2.32. The van der Waals surface area contributed by atoms with Crippen LogP contribution in [0.1, 0.15) is 58.4 Å². The van der Waals surface area contributed by atoms with Crippen LogP contribution in [0.4, 0.5) is 10.5 Å². The fourth-order valence-electron chi connectivity index (χ4n) is 3.53. The Balaban J connectivity index is 2.15. The number of amides is 2. The van der Waals surface area contributed by atoms with Crippen molar-refractivity contribution < 1.29 is 14.3 Å². The largest absolute Gasteiger partial charge is 0.453 e. The van der Waals surface area contributed by atoms with Crippen LogP contribution in [0.5, 0.6) is 0 Å². The Labute approximate surface area is 162 Å². The van der Waals surface area contributed by atoms with E-state index in [0.29, 0.717) is 18.7 Å². The quantitative estimate of drug-likeness (QED) is 0.817. The van der Waals surface area contributed by atoms with Gasteiger partial charge in [-0.05, 0) is 36.0 Å². The highest BCUT2D eigenvalue weighted by atomic mass is 16.5. The van der Waals surface area contributed by atoms with Crippen LogP contribution in [0.2, 0.25) is 0 Å². The predicted molar refractivity (Wildman–Crippen MR) is 107 cm³/mol. The normalized spacial score (nSPS) is 20.0. The average molecular weight is 376 g/mol. The molecule has 1 aromatic carbocycles. The van der Waals surface area contributed by atoms with Crippen molar-refractivity contribution in [2.45, 2.75) is 71.5 Å². The summed E-state index contributed by atoms with van der Waals surface area (Å²) in [5.74, 6) is 0.154. The molecule has 0 radical (unpaired) electrons. The maximum Gasteiger partial charge on any atom is 0.411 e. The van der Waals surface area contributed by atoms with Crippen molar-refractivity contribution in [3.8, 4) is 0 Å². The maximum atomic E-state index is 13.1. The van der Waals surface area contributed by atoms with E-state index in [-0.39, 0.29) is 23.4 Å². The van der Waals surface area contributed by atoms with Crippen LogP contribution in [-0.2, 0) is 16.1 Å². The summed E-state index contributed by atoms with van der Waals surface area (Å²) >= 11 is 0. The van der Waals surface area contributed by atoms with Crippen LogP contribution in [0.15, 0.2) is 24.3 Å². The third-order valence-electron chi connectivity index (χ3n) is 4.92. The number of hydrogen-bond acceptors (Lipinski definition) is 4. The molecule has 2 atom stereocenters. The van der Waals surface area contributed by atoms with Crippen LogP contribution >= 0.6 is 0 Å². The highest BCUT2D eigenvalue weighted by Crippen LogP contribution is 2.27. The second-order valence-corrected chi connectivity index (χ2v) is 8.59. The molecule has 6 heteroatoms. The van der Waals surface area contributed by atoms with Crippen LogP contribution < -0.4 is 11.1 Å². The Morgan fingerprint density at radius 3 is 2.37 bits per heavy atom. The Hall–Kier alpha value is -2.08. The summed E-state index contributed by atoms with van der Waals surface area (Å²) in [6, 6.07) is 7.61. The number of ether oxygens (including phenoxy) is 1. The molecule has 0 heterocycles. The summed E-state index contributed by atoms with van der Waals surface area (Å²) in [7, 11) is 1.33. The van der Waals surface area contributed by atoms with E-state index in [1.54, 1.807) is 0 Å². The molecule has 150 valence electrons. The third kappa shape index (κ3) is 6.54. The summed E-state index contributed by atoms with van der Waals surface area (Å²) < 4.78 is 4.60. The zero-order valence-electron chi connectivity index (χ0n) is 17.0. The summed E-state index contributed by atoms with van der Waals surface area (Å²) in [6.07, 6.45) is 4.16. The number of benzene rings is 1. The smallest absolute Gasteiger partial charge is 0.411 e. The van der Waals surface area contributed by atoms with Gasteiger partial charge in [-0.15, -0.1) is 0 Å². The molecule has 1 aliphatic carbocycles. The minimum Gasteiger partial charge on any atom is -0.453 e. The molecule has 2 amide bonds. The number of anilines is 1. The minimum absolute atomic E-state index is 0.0305. The zero-order chi connectivity index (χ0) is 20.0. The Bertz CT molecular complexity index is 637. The van der Waals surface area contributed by atoms with E-state index >= 15 is 0 Å². The van der Waals surface area contributed by atoms with Gasteiger partial charge in [0.25, 0.3) is 0 Å². The number of hydrogen-bond donors (Lipinski definition) is 2. The lowest BCUT2D eigenvalue weighted by atomic mass is 9.87. The lowest BCUT2D eigenvalue weighted by Crippen LogP contribution is -2.52. The van der Waals surface area contributed by atoms with Gasteiger partial charge < -0.3 is 15.4 Å². The van der Waals surface area contributed by atoms with Gasteiger partial charge in [0.1, 0.15) is 0 Å². The van der Waals surface area contributed by atoms with Crippen molar-refractivity contribution in [2.75, 3.05) is 12.4 Å². The van der Waals surface area contributed by atoms with Gasteiger partial charge in [0.2, 0.25) is 5.91 Å². The van der Waals surface area contributed by atoms with E-state index in [4.69, 9.17) is 5.73 Å². The average Bonchev–Trinajstić information content (AvgIpc) is 2.60. The van der Waals surface area contributed by atoms with Crippen molar-refractivity contribution in [1.29, 1.82) is 0 Å². The summed E-state index contributed by atoms with van der Waals surface area (Å²) in [5.41, 5.74) is 7.99. The standard InChI is InChI=1S/C21H33N3O3/c1-21(2,3)13-19(25)24(18-8-6-5-7-17(18)22)14-15-9-11-16(12-10-15)23-20(26)27-4/h9-12,17-18H,5-8,13-14,22H2,1-4H3,(H,23,26). The van der Waals surface area contributed by atoms with Gasteiger partial charge in [-0.2, -0.15) is 0 Å². The highest BCUT2D eigenvalue weighted by molar-refractivity contribution is 5.84. The van der Waals surface area contributed by atoms with Crippen molar-refractivity contribution >= 4 is 17.7 Å². The monoisotopic (exact) mass is 375 g/mol. The van der Waals surface area contributed by atoms with Gasteiger partial charge in [0, 0.05) is 30.7 Å². The predicted octanol–water partition coefficient (Wildman–Crippen LogP) is 3.90. The van der Waals surface area contributed by atoms with Crippen LogP contribution in [0.3, 0.4) is 0 Å². The van der Waals surface area contributed by atoms with Gasteiger partial charge in [-0.1, -0.05) is 45.7 Å². The number of carbonyl (C=O) groups is 2. The molecule has 0 aromatic heterocycles. The summed E-state index contributed by atoms with van der Waals surface area (Å²) in [4.78, 5) is 26.3. The molecule has 3 N–H and O–H groups in total. The van der Waals surface area contributed by atoms with E-state index < -0.39 is 6.09 Å². The van der Waals surface area contributed by atoms with Gasteiger partial charge in [-0.25, -0.2) is 4.79 Å². The first-order chi connectivity index (χ1) is 12.7. The molecule has 2 unspecified atom stereocenters. The fraction of sp³-hybridized carbons (Fsp3) is 0.619. The first-order valence-corrected chi connectivity index (χ1v) is 9.68. The van der Waals surface area contributed by atoms with Crippen molar-refractivity contribution in [3.63, 3.8) is 0 Å². The number of nitrogens with two attached hydrogens (primary N) is 1. The molecule has 0 bridgehead atoms. The fourth-order valence-corrected chi connectivity index (χ4v) is 3.53. The summed E-state index contributed by atoms with van der Waals surface area (Å²) in [5, 5.41) is 2.63. The second kappa shape index (κ2) is 9.22. The third-order valence-corrected chi connectivity index (χ3v) is 4.92. The van der Waals surface area contributed by atoms with E-state index in [1.165, 1.54) is 7.11 Å². The number of rotatable bonds is 5. The molecular weight excluding hydrogens is 342 g/mol. The minimum atomic E-state index is -0.502. The lowest BCUT2D eigenvalue weighted by molar-refractivity contribution is -0.137. The molecule has 0 aliphatic heterocycles. The Kier molecular flexibility index (Phi) is 7.25. The molecular formula is C21H33N3O3. The van der Waals surface area contributed by atoms with Crippen molar-refractivity contribution in [2.24, 2.45) is 11.1 Å².